The Labute approximate surface area is 123 Å². The summed E-state index contributed by atoms with van der Waals surface area (Å²) in [6, 6.07) is 5.61. The summed E-state index contributed by atoms with van der Waals surface area (Å²) < 4.78 is 0.592. The highest BCUT2D eigenvalue weighted by atomic mass is 79.9. The first kappa shape index (κ1) is 16.1. The molecule has 0 aliphatic carbocycles. The summed E-state index contributed by atoms with van der Waals surface area (Å²) in [6.45, 7) is 10.3. The Hall–Kier alpha value is -0.940. The number of hydrogen-bond donors (Lipinski definition) is 0. The molecule has 1 aromatic carbocycles. The number of nitro benzene ring substituents is 1. The lowest BCUT2D eigenvalue weighted by molar-refractivity contribution is -0.385. The number of benzene rings is 1. The van der Waals surface area contributed by atoms with Crippen molar-refractivity contribution < 1.29 is 4.92 Å². The molecule has 1 aromatic rings. The van der Waals surface area contributed by atoms with Crippen LogP contribution in [0.5, 0.6) is 0 Å². The van der Waals surface area contributed by atoms with Crippen LogP contribution in [0, 0.1) is 16.0 Å². The number of nitro groups is 1. The van der Waals surface area contributed by atoms with E-state index in [4.69, 9.17) is 0 Å². The van der Waals surface area contributed by atoms with Gasteiger partial charge in [0.2, 0.25) is 0 Å². The Morgan fingerprint density at radius 3 is 2.42 bits per heavy atom. The molecule has 0 N–H and O–H groups in total. The fourth-order valence-corrected chi connectivity index (χ4v) is 2.51. The highest BCUT2D eigenvalue weighted by Gasteiger charge is 2.18. The average Bonchev–Trinajstić information content (AvgIpc) is 2.29. The third-order valence-electron chi connectivity index (χ3n) is 2.96. The van der Waals surface area contributed by atoms with E-state index in [9.17, 15) is 10.1 Å². The zero-order chi connectivity index (χ0) is 14.6. The van der Waals surface area contributed by atoms with Crippen molar-refractivity contribution in [1.82, 2.24) is 4.90 Å². The molecule has 0 heterocycles. The normalized spacial score (nSPS) is 11.6. The maximum atomic E-state index is 10.9. The summed E-state index contributed by atoms with van der Waals surface area (Å²) in [4.78, 5) is 12.9. The number of rotatable bonds is 6. The van der Waals surface area contributed by atoms with Gasteiger partial charge in [-0.3, -0.25) is 15.0 Å². The third kappa shape index (κ3) is 4.58. The van der Waals surface area contributed by atoms with Gasteiger partial charge in [-0.2, -0.15) is 0 Å². The van der Waals surface area contributed by atoms with Crippen molar-refractivity contribution in [3.05, 3.63) is 38.3 Å². The van der Waals surface area contributed by atoms with Gasteiger partial charge in [-0.1, -0.05) is 26.0 Å². The highest BCUT2D eigenvalue weighted by molar-refractivity contribution is 9.10. The summed E-state index contributed by atoms with van der Waals surface area (Å²) in [5.74, 6) is 0.569. The summed E-state index contributed by atoms with van der Waals surface area (Å²) in [5.41, 5.74) is 1.09. The zero-order valence-corrected chi connectivity index (χ0v) is 13.5. The van der Waals surface area contributed by atoms with E-state index >= 15 is 0 Å². The number of hydrogen-bond acceptors (Lipinski definition) is 3. The molecule has 0 bridgehead atoms. The summed E-state index contributed by atoms with van der Waals surface area (Å²) in [7, 11) is 0. The SMILES string of the molecule is CC(C)CN(Cc1cccc([N+](=O)[O-])c1Br)C(C)C. The topological polar surface area (TPSA) is 46.4 Å². The Morgan fingerprint density at radius 1 is 1.32 bits per heavy atom. The van der Waals surface area contributed by atoms with Crippen molar-refractivity contribution in [3.63, 3.8) is 0 Å². The predicted octanol–water partition coefficient (Wildman–Crippen LogP) is 4.22. The monoisotopic (exact) mass is 328 g/mol. The smallest absolute Gasteiger partial charge is 0.283 e. The maximum absolute atomic E-state index is 10.9. The van der Waals surface area contributed by atoms with E-state index < -0.39 is 0 Å². The molecule has 0 aliphatic rings. The molecule has 0 unspecified atom stereocenters. The van der Waals surface area contributed by atoms with E-state index in [2.05, 4.69) is 48.5 Å². The fourth-order valence-electron chi connectivity index (χ4n) is 1.98. The molecule has 0 amide bonds. The molecule has 0 aromatic heterocycles. The Kier molecular flexibility index (Phi) is 5.94. The Balaban J connectivity index is 2.97. The molecule has 0 saturated heterocycles. The first-order valence-corrected chi connectivity index (χ1v) is 7.28. The minimum Gasteiger partial charge on any atom is -0.296 e. The lowest BCUT2D eigenvalue weighted by atomic mass is 10.1. The van der Waals surface area contributed by atoms with Crippen molar-refractivity contribution in [1.29, 1.82) is 0 Å². The van der Waals surface area contributed by atoms with Crippen LogP contribution in [0.25, 0.3) is 0 Å². The largest absolute Gasteiger partial charge is 0.296 e. The van der Waals surface area contributed by atoms with Crippen LogP contribution in [0.1, 0.15) is 33.3 Å². The van der Waals surface area contributed by atoms with Gasteiger partial charge in [-0.05, 0) is 41.3 Å². The first-order chi connectivity index (χ1) is 8.82. The highest BCUT2D eigenvalue weighted by Crippen LogP contribution is 2.29. The summed E-state index contributed by atoms with van der Waals surface area (Å²) in [6.07, 6.45) is 0. The lowest BCUT2D eigenvalue weighted by Gasteiger charge is -2.28. The molecule has 4 nitrogen and oxygen atoms in total. The van der Waals surface area contributed by atoms with Crippen LogP contribution in [0.15, 0.2) is 22.7 Å². The van der Waals surface area contributed by atoms with Gasteiger partial charge in [-0.25, -0.2) is 0 Å². The average molecular weight is 329 g/mol. The van der Waals surface area contributed by atoms with Crippen LogP contribution in [0.4, 0.5) is 5.69 Å². The van der Waals surface area contributed by atoms with Crippen LogP contribution in [-0.4, -0.2) is 22.4 Å². The van der Waals surface area contributed by atoms with Crippen molar-refractivity contribution in [3.8, 4) is 0 Å². The maximum Gasteiger partial charge on any atom is 0.283 e. The van der Waals surface area contributed by atoms with Crippen LogP contribution in [0.3, 0.4) is 0 Å². The first-order valence-electron chi connectivity index (χ1n) is 6.48. The molecule has 0 spiro atoms. The molecule has 0 radical (unpaired) electrons. The lowest BCUT2D eigenvalue weighted by Crippen LogP contribution is -2.33. The second-order valence-corrected chi connectivity index (χ2v) is 6.22. The van der Waals surface area contributed by atoms with E-state index in [0.29, 0.717) is 16.4 Å². The van der Waals surface area contributed by atoms with Gasteiger partial charge >= 0.3 is 0 Å². The molecule has 0 saturated carbocycles. The molecular weight excluding hydrogens is 308 g/mol. The predicted molar refractivity (Wildman–Crippen MR) is 81.2 cm³/mol. The van der Waals surface area contributed by atoms with E-state index in [1.165, 1.54) is 6.07 Å². The minimum absolute atomic E-state index is 0.130. The summed E-state index contributed by atoms with van der Waals surface area (Å²) >= 11 is 3.36. The van der Waals surface area contributed by atoms with Gasteiger partial charge in [0.1, 0.15) is 0 Å². The molecule has 0 atom stereocenters. The number of nitrogens with zero attached hydrogens (tertiary/aromatic N) is 2. The second kappa shape index (κ2) is 7.01. The van der Waals surface area contributed by atoms with E-state index in [0.717, 1.165) is 18.7 Å². The van der Waals surface area contributed by atoms with Crippen LogP contribution in [-0.2, 0) is 6.54 Å². The van der Waals surface area contributed by atoms with Crippen LogP contribution in [0.2, 0.25) is 0 Å². The van der Waals surface area contributed by atoms with Crippen molar-refractivity contribution in [2.75, 3.05) is 6.54 Å². The van der Waals surface area contributed by atoms with Gasteiger partial charge in [0.15, 0.2) is 0 Å². The standard InChI is InChI=1S/C14H21BrN2O2/c1-10(2)8-16(11(3)4)9-12-6-5-7-13(14(12)15)17(18)19/h5-7,10-11H,8-9H2,1-4H3. The molecule has 19 heavy (non-hydrogen) atoms. The minimum atomic E-state index is -0.351. The zero-order valence-electron chi connectivity index (χ0n) is 11.9. The Bertz CT molecular complexity index is 447. The fraction of sp³-hybridized carbons (Fsp3) is 0.571. The number of halogens is 1. The molecule has 1 rings (SSSR count). The van der Waals surface area contributed by atoms with E-state index in [1.807, 2.05) is 6.07 Å². The van der Waals surface area contributed by atoms with Crippen molar-refractivity contribution >= 4 is 21.6 Å². The quantitative estimate of drug-likeness (QED) is 0.580. The molecule has 5 heteroatoms. The van der Waals surface area contributed by atoms with Crippen LogP contribution < -0.4 is 0 Å². The molecular formula is C14H21BrN2O2. The van der Waals surface area contributed by atoms with Crippen LogP contribution >= 0.6 is 15.9 Å². The molecule has 0 aliphatic heterocycles. The van der Waals surface area contributed by atoms with Gasteiger partial charge in [0.25, 0.3) is 5.69 Å². The van der Waals surface area contributed by atoms with Gasteiger partial charge in [0.05, 0.1) is 9.40 Å². The molecule has 106 valence electrons. The Morgan fingerprint density at radius 2 is 1.95 bits per heavy atom. The second-order valence-electron chi connectivity index (χ2n) is 5.42. The van der Waals surface area contributed by atoms with Gasteiger partial charge in [-0.15, -0.1) is 0 Å². The van der Waals surface area contributed by atoms with Crippen molar-refractivity contribution in [2.45, 2.75) is 40.3 Å². The van der Waals surface area contributed by atoms with Crippen molar-refractivity contribution in [2.24, 2.45) is 5.92 Å². The van der Waals surface area contributed by atoms with E-state index in [-0.39, 0.29) is 10.6 Å². The third-order valence-corrected chi connectivity index (χ3v) is 3.87. The van der Waals surface area contributed by atoms with Gasteiger partial charge < -0.3 is 0 Å². The van der Waals surface area contributed by atoms with E-state index in [1.54, 1.807) is 6.07 Å². The summed E-state index contributed by atoms with van der Waals surface area (Å²) in [5, 5.41) is 10.9. The molecule has 0 fully saturated rings. The van der Waals surface area contributed by atoms with Gasteiger partial charge in [0, 0.05) is 25.2 Å².